The standard InChI is InChI=1S/C63H101N9O12/c1-9-10-11-12-20-29-53(74)70-30-21-25-43(38-70)55(77)65-47(34-42-23-16-15-17-24-42)57(79)66-46(32-40(2)3)56(78)67-48(33-41(4)5)62(84)72-39-45(73)35-52(72)60(82)69-50(37-63(6,7)8)58(80)68-49(36-54(75)76)61(83)71-31-22-28-51(71)59(81)64-44-26-18-13-14-19-27-44/h15-17,23-24,40-41,43-52,73H,9-14,18-22,25-39H2,1-8H3,(H,64,81)(H,65,77)(H,66,79)(H,67,78)(H,68,80)(H,69,82)(H,75,76)/t43-,45+,46+,47-,48-,49-,50-,51-,52-/m0/s1. The quantitative estimate of drug-likeness (QED) is 0.0387. The minimum atomic E-state index is -1.58. The van der Waals surface area contributed by atoms with Gasteiger partial charge in [0, 0.05) is 51.5 Å². The van der Waals surface area contributed by atoms with Gasteiger partial charge in [0.15, 0.2) is 0 Å². The number of carboxylic acids is 1. The van der Waals surface area contributed by atoms with Crippen LogP contribution in [0.4, 0.5) is 0 Å². The first-order valence-electron chi connectivity index (χ1n) is 31.5. The molecule has 3 saturated heterocycles. The minimum absolute atomic E-state index is 0.0162. The molecular weight excluding hydrogens is 1070 g/mol. The van der Waals surface area contributed by atoms with E-state index in [1.807, 2.05) is 78.8 Å². The number of aliphatic carboxylic acids is 1. The molecule has 5 rings (SSSR count). The van der Waals surface area contributed by atoms with E-state index in [9.17, 15) is 58.2 Å². The van der Waals surface area contributed by atoms with E-state index in [1.54, 1.807) is 4.90 Å². The topological polar surface area (TPSA) is 293 Å². The lowest BCUT2D eigenvalue weighted by atomic mass is 9.87. The zero-order valence-corrected chi connectivity index (χ0v) is 51.5. The summed E-state index contributed by atoms with van der Waals surface area (Å²) in [6.45, 7) is 15.8. The highest BCUT2D eigenvalue weighted by molar-refractivity contribution is 5.99. The molecule has 8 N–H and O–H groups in total. The van der Waals surface area contributed by atoms with Gasteiger partial charge in [0.2, 0.25) is 53.2 Å². The van der Waals surface area contributed by atoms with Crippen molar-refractivity contribution in [1.29, 1.82) is 0 Å². The SMILES string of the molecule is CCCCCCCC(=O)N1CCC[C@H](C(=O)N[C@@H](Cc2ccccc2)C(=O)N[C@H](CC(C)C)C(=O)N[C@@H](CC(C)C)C(=O)N2C[C@H](O)C[C@H]2C(=O)N[C@@H](CC(C)(C)C)C(=O)N[C@@H](CC(=O)O)C(=O)N2CCC[C@H]2C(=O)NC2CCCCCC2)C1. The van der Waals surface area contributed by atoms with E-state index in [-0.39, 0.29) is 87.3 Å². The third kappa shape index (κ3) is 22.1. The number of carboxylic acid groups (broad SMARTS) is 1. The monoisotopic (exact) mass is 1180 g/mol. The lowest BCUT2D eigenvalue weighted by molar-refractivity contribution is -0.146. The van der Waals surface area contributed by atoms with E-state index in [0.29, 0.717) is 38.6 Å². The number of hydrogen-bond acceptors (Lipinski definition) is 11. The van der Waals surface area contributed by atoms with Crippen LogP contribution in [0.1, 0.15) is 196 Å². The second-order valence-corrected chi connectivity index (χ2v) is 26.2. The van der Waals surface area contributed by atoms with Crippen LogP contribution in [0.25, 0.3) is 0 Å². The van der Waals surface area contributed by atoms with Crippen LogP contribution in [0.3, 0.4) is 0 Å². The van der Waals surface area contributed by atoms with Crippen LogP contribution in [0.15, 0.2) is 30.3 Å². The molecular formula is C63H101N9O12. The highest BCUT2D eigenvalue weighted by atomic mass is 16.4. The average Bonchev–Trinajstić information content (AvgIpc) is 4.03. The molecule has 21 nitrogen and oxygen atoms in total. The molecule has 9 atom stereocenters. The molecule has 84 heavy (non-hydrogen) atoms. The molecule has 1 saturated carbocycles. The Labute approximate surface area is 498 Å². The van der Waals surface area contributed by atoms with Gasteiger partial charge in [0.25, 0.3) is 0 Å². The Balaban J connectivity index is 1.30. The van der Waals surface area contributed by atoms with Crippen molar-refractivity contribution in [1.82, 2.24) is 46.6 Å². The average molecular weight is 1180 g/mol. The maximum atomic E-state index is 14.8. The second kappa shape index (κ2) is 33.5. The number of benzene rings is 1. The first kappa shape index (κ1) is 68.7. The molecule has 1 aromatic carbocycles. The Morgan fingerprint density at radius 1 is 0.595 bits per heavy atom. The van der Waals surface area contributed by atoms with Gasteiger partial charge in [-0.25, -0.2) is 0 Å². The number of likely N-dealkylation sites (tertiary alicyclic amines) is 3. The molecule has 0 aromatic heterocycles. The number of rotatable bonds is 29. The zero-order chi connectivity index (χ0) is 61.7. The number of aliphatic hydroxyl groups excluding tert-OH is 1. The molecule has 3 aliphatic heterocycles. The van der Waals surface area contributed by atoms with E-state index in [0.717, 1.165) is 76.2 Å². The predicted octanol–water partition coefficient (Wildman–Crippen LogP) is 5.05. The summed E-state index contributed by atoms with van der Waals surface area (Å²) in [5.74, 6) is -7.22. The number of hydrogen-bond donors (Lipinski definition) is 8. The number of β-amino-alcohol motifs (C(OH)–C–C–N with tert-alkyl or cyclic N) is 1. The summed E-state index contributed by atoms with van der Waals surface area (Å²) in [5, 5.41) is 38.3. The van der Waals surface area contributed by atoms with Crippen molar-refractivity contribution in [2.24, 2.45) is 23.2 Å². The number of piperidine rings is 1. The van der Waals surface area contributed by atoms with Gasteiger partial charge >= 0.3 is 5.97 Å². The van der Waals surface area contributed by atoms with Gasteiger partial charge in [-0.05, 0) is 87.0 Å². The first-order chi connectivity index (χ1) is 39.8. The van der Waals surface area contributed by atoms with E-state index in [1.165, 1.54) is 9.80 Å². The number of carbonyl (C=O) groups excluding carboxylic acids is 9. The van der Waals surface area contributed by atoms with Gasteiger partial charge < -0.3 is 56.8 Å². The van der Waals surface area contributed by atoms with Crippen LogP contribution in [0.5, 0.6) is 0 Å². The Morgan fingerprint density at radius 3 is 1.82 bits per heavy atom. The molecule has 3 heterocycles. The predicted molar refractivity (Wildman–Crippen MR) is 318 cm³/mol. The maximum Gasteiger partial charge on any atom is 0.305 e. The molecule has 21 heteroatoms. The minimum Gasteiger partial charge on any atom is -0.481 e. The number of carbonyl (C=O) groups is 10. The zero-order valence-electron chi connectivity index (χ0n) is 51.5. The second-order valence-electron chi connectivity index (χ2n) is 26.2. The number of amides is 9. The molecule has 1 aliphatic carbocycles. The number of nitrogens with zero attached hydrogens (tertiary/aromatic N) is 3. The van der Waals surface area contributed by atoms with Crippen molar-refractivity contribution in [3.63, 3.8) is 0 Å². The van der Waals surface area contributed by atoms with Gasteiger partial charge in [-0.15, -0.1) is 0 Å². The van der Waals surface area contributed by atoms with Gasteiger partial charge in [0.1, 0.15) is 42.3 Å². The summed E-state index contributed by atoms with van der Waals surface area (Å²) in [7, 11) is 0. The normalized spacial score (nSPS) is 21.3. The largest absolute Gasteiger partial charge is 0.481 e. The molecule has 0 radical (unpaired) electrons. The summed E-state index contributed by atoms with van der Waals surface area (Å²) >= 11 is 0. The molecule has 0 bridgehead atoms. The van der Waals surface area contributed by atoms with Crippen molar-refractivity contribution >= 4 is 59.1 Å². The van der Waals surface area contributed by atoms with Crippen molar-refractivity contribution in [3.8, 4) is 0 Å². The molecule has 4 aliphatic rings. The van der Waals surface area contributed by atoms with Crippen LogP contribution in [-0.2, 0) is 54.4 Å². The van der Waals surface area contributed by atoms with Crippen molar-refractivity contribution in [2.45, 2.75) is 251 Å². The van der Waals surface area contributed by atoms with Gasteiger partial charge in [-0.2, -0.15) is 0 Å². The molecule has 1 aromatic rings. The number of unbranched alkanes of at least 4 members (excludes halogenated alkanes) is 4. The molecule has 9 amide bonds. The fourth-order valence-corrected chi connectivity index (χ4v) is 12.2. The van der Waals surface area contributed by atoms with Crippen molar-refractivity contribution < 1.29 is 58.2 Å². The summed E-state index contributed by atoms with van der Waals surface area (Å²) in [5.41, 5.74) is 0.149. The summed E-state index contributed by atoms with van der Waals surface area (Å²) in [6.07, 6.45) is 11.6. The maximum absolute atomic E-state index is 14.8. The molecule has 0 spiro atoms. The summed E-state index contributed by atoms with van der Waals surface area (Å²) in [4.78, 5) is 144. The Hall–Kier alpha value is -6.12. The van der Waals surface area contributed by atoms with Crippen molar-refractivity contribution in [3.05, 3.63) is 35.9 Å². The van der Waals surface area contributed by atoms with Crippen LogP contribution >= 0.6 is 0 Å². The molecule has 470 valence electrons. The first-order valence-corrected chi connectivity index (χ1v) is 31.5. The van der Waals surface area contributed by atoms with E-state index in [4.69, 9.17) is 0 Å². The van der Waals surface area contributed by atoms with Crippen molar-refractivity contribution in [2.75, 3.05) is 26.2 Å². The molecule has 4 fully saturated rings. The lowest BCUT2D eigenvalue weighted by Crippen LogP contribution is -2.60. The number of aliphatic hydroxyl groups is 1. The highest BCUT2D eigenvalue weighted by Gasteiger charge is 2.45. The third-order valence-electron chi connectivity index (χ3n) is 16.6. The smallest absolute Gasteiger partial charge is 0.305 e. The van der Waals surface area contributed by atoms with Gasteiger partial charge in [-0.1, -0.05) is 137 Å². The summed E-state index contributed by atoms with van der Waals surface area (Å²) in [6, 6.07) is 0.534. The van der Waals surface area contributed by atoms with E-state index in [2.05, 4.69) is 38.8 Å². The van der Waals surface area contributed by atoms with E-state index < -0.39 is 108 Å². The fourth-order valence-electron chi connectivity index (χ4n) is 12.2. The van der Waals surface area contributed by atoms with Crippen LogP contribution in [-0.4, -0.2) is 165 Å². The molecule has 0 unspecified atom stereocenters. The Bertz CT molecular complexity index is 2370. The fraction of sp³-hybridized carbons (Fsp3) is 0.746. The third-order valence-corrected chi connectivity index (χ3v) is 16.6. The lowest BCUT2D eigenvalue weighted by Gasteiger charge is -2.33. The van der Waals surface area contributed by atoms with Gasteiger partial charge in [-0.3, -0.25) is 47.9 Å². The van der Waals surface area contributed by atoms with Crippen LogP contribution in [0.2, 0.25) is 0 Å². The van der Waals surface area contributed by atoms with Gasteiger partial charge in [0.05, 0.1) is 18.4 Å². The van der Waals surface area contributed by atoms with E-state index >= 15 is 0 Å². The summed E-state index contributed by atoms with van der Waals surface area (Å²) < 4.78 is 0. The highest BCUT2D eigenvalue weighted by Crippen LogP contribution is 2.27. The van der Waals surface area contributed by atoms with Crippen LogP contribution < -0.4 is 31.9 Å². The Kier molecular flexibility index (Phi) is 27.4. The van der Waals surface area contributed by atoms with Crippen LogP contribution in [0, 0.1) is 23.2 Å². The number of nitrogens with one attached hydrogen (secondary N) is 6. The Morgan fingerprint density at radius 2 is 1.18 bits per heavy atom.